The normalized spacial score (nSPS) is 17.5. The van der Waals surface area contributed by atoms with E-state index in [9.17, 15) is 0 Å². The minimum atomic E-state index is 0.490. The first-order valence-electron chi connectivity index (χ1n) is 7.73. The molecule has 0 atom stereocenters. The van der Waals surface area contributed by atoms with Gasteiger partial charge in [-0.2, -0.15) is 0 Å². The summed E-state index contributed by atoms with van der Waals surface area (Å²) in [4.78, 5) is 0. The number of ether oxygens (including phenoxy) is 1. The molecular formula is C17H27NO. The molecule has 1 fully saturated rings. The molecule has 1 saturated carbocycles. The molecule has 2 nitrogen and oxygen atoms in total. The van der Waals surface area contributed by atoms with Crippen molar-refractivity contribution in [3.8, 4) is 5.75 Å². The third-order valence-corrected chi connectivity index (χ3v) is 4.24. The highest BCUT2D eigenvalue weighted by atomic mass is 16.5. The number of rotatable bonds is 8. The molecule has 1 aromatic rings. The molecule has 0 heterocycles. The Kier molecular flexibility index (Phi) is 5.71. The molecule has 0 amide bonds. The van der Waals surface area contributed by atoms with Crippen molar-refractivity contribution in [2.24, 2.45) is 5.41 Å². The van der Waals surface area contributed by atoms with Crippen molar-refractivity contribution in [1.29, 1.82) is 0 Å². The van der Waals surface area contributed by atoms with Crippen LogP contribution in [0.3, 0.4) is 0 Å². The first-order valence-corrected chi connectivity index (χ1v) is 7.73. The summed E-state index contributed by atoms with van der Waals surface area (Å²) in [5.74, 6) is 0.997. The summed E-state index contributed by atoms with van der Waals surface area (Å²) in [5.41, 5.74) is 0.490. The second kappa shape index (κ2) is 7.54. The Balaban J connectivity index is 1.77. The SMILES string of the molecule is CCCNCC1(CCOc2ccccc2)CCCC1. The van der Waals surface area contributed by atoms with E-state index in [4.69, 9.17) is 4.74 Å². The van der Waals surface area contributed by atoms with Crippen LogP contribution in [0.15, 0.2) is 30.3 Å². The standard InChI is InChI=1S/C17H27NO/c1-2-13-18-15-17(10-6-7-11-17)12-14-19-16-8-4-3-5-9-16/h3-5,8-9,18H,2,6-7,10-15H2,1H3. The van der Waals surface area contributed by atoms with Crippen molar-refractivity contribution in [3.63, 3.8) is 0 Å². The zero-order valence-corrected chi connectivity index (χ0v) is 12.2. The van der Waals surface area contributed by atoms with Crippen LogP contribution in [0, 0.1) is 5.41 Å². The number of hydrogen-bond acceptors (Lipinski definition) is 2. The van der Waals surface area contributed by atoms with Crippen molar-refractivity contribution >= 4 is 0 Å². The Bertz CT molecular complexity index is 344. The van der Waals surface area contributed by atoms with Gasteiger partial charge in [0, 0.05) is 6.54 Å². The third kappa shape index (κ3) is 4.54. The maximum absolute atomic E-state index is 5.87. The van der Waals surface area contributed by atoms with Gasteiger partial charge in [-0.25, -0.2) is 0 Å². The molecular weight excluding hydrogens is 234 g/mol. The van der Waals surface area contributed by atoms with Crippen molar-refractivity contribution in [2.75, 3.05) is 19.7 Å². The molecule has 2 rings (SSSR count). The van der Waals surface area contributed by atoms with Gasteiger partial charge >= 0.3 is 0 Å². The van der Waals surface area contributed by atoms with Crippen LogP contribution in [0.5, 0.6) is 5.75 Å². The highest BCUT2D eigenvalue weighted by Crippen LogP contribution is 2.40. The topological polar surface area (TPSA) is 21.3 Å². The maximum atomic E-state index is 5.87. The molecule has 0 unspecified atom stereocenters. The molecule has 106 valence electrons. The first kappa shape index (κ1) is 14.4. The van der Waals surface area contributed by atoms with Gasteiger partial charge in [0.05, 0.1) is 6.61 Å². The van der Waals surface area contributed by atoms with Gasteiger partial charge < -0.3 is 10.1 Å². The van der Waals surface area contributed by atoms with E-state index in [1.807, 2.05) is 30.3 Å². The van der Waals surface area contributed by atoms with E-state index in [1.165, 1.54) is 45.1 Å². The average molecular weight is 261 g/mol. The largest absolute Gasteiger partial charge is 0.494 e. The second-order valence-corrected chi connectivity index (χ2v) is 5.80. The molecule has 1 N–H and O–H groups in total. The van der Waals surface area contributed by atoms with Gasteiger partial charge in [0.25, 0.3) is 0 Å². The minimum absolute atomic E-state index is 0.490. The Morgan fingerprint density at radius 2 is 1.89 bits per heavy atom. The molecule has 0 aromatic heterocycles. The van der Waals surface area contributed by atoms with E-state index in [1.54, 1.807) is 0 Å². The van der Waals surface area contributed by atoms with E-state index in [0.717, 1.165) is 18.9 Å². The van der Waals surface area contributed by atoms with Gasteiger partial charge in [0.1, 0.15) is 5.75 Å². The predicted molar refractivity (Wildman–Crippen MR) is 80.6 cm³/mol. The lowest BCUT2D eigenvalue weighted by Crippen LogP contribution is -2.34. The van der Waals surface area contributed by atoms with Crippen LogP contribution >= 0.6 is 0 Å². The minimum Gasteiger partial charge on any atom is -0.494 e. The molecule has 1 aromatic carbocycles. The number of nitrogens with one attached hydrogen (secondary N) is 1. The number of benzene rings is 1. The van der Waals surface area contributed by atoms with Crippen LogP contribution in [0.1, 0.15) is 45.4 Å². The molecule has 1 aliphatic carbocycles. The monoisotopic (exact) mass is 261 g/mol. The van der Waals surface area contributed by atoms with Crippen molar-refractivity contribution < 1.29 is 4.74 Å². The van der Waals surface area contributed by atoms with Crippen LogP contribution in [-0.2, 0) is 0 Å². The fourth-order valence-corrected chi connectivity index (χ4v) is 3.07. The Morgan fingerprint density at radius 3 is 2.58 bits per heavy atom. The van der Waals surface area contributed by atoms with Crippen LogP contribution < -0.4 is 10.1 Å². The lowest BCUT2D eigenvalue weighted by atomic mass is 9.83. The average Bonchev–Trinajstić information content (AvgIpc) is 2.89. The summed E-state index contributed by atoms with van der Waals surface area (Å²) in [5, 5.41) is 3.61. The van der Waals surface area contributed by atoms with Crippen molar-refractivity contribution in [3.05, 3.63) is 30.3 Å². The molecule has 0 aliphatic heterocycles. The predicted octanol–water partition coefficient (Wildman–Crippen LogP) is 4.02. The van der Waals surface area contributed by atoms with Gasteiger partial charge in [-0.15, -0.1) is 0 Å². The van der Waals surface area contributed by atoms with E-state index in [-0.39, 0.29) is 0 Å². The van der Waals surface area contributed by atoms with Crippen LogP contribution in [0.2, 0.25) is 0 Å². The van der Waals surface area contributed by atoms with Gasteiger partial charge in [-0.1, -0.05) is 38.0 Å². The number of hydrogen-bond donors (Lipinski definition) is 1. The van der Waals surface area contributed by atoms with Crippen LogP contribution in [-0.4, -0.2) is 19.7 Å². The van der Waals surface area contributed by atoms with Gasteiger partial charge in [0.2, 0.25) is 0 Å². The smallest absolute Gasteiger partial charge is 0.119 e. The van der Waals surface area contributed by atoms with Crippen molar-refractivity contribution in [2.45, 2.75) is 45.4 Å². The van der Waals surface area contributed by atoms with E-state index in [0.29, 0.717) is 5.41 Å². The Labute approximate surface area is 117 Å². The van der Waals surface area contributed by atoms with Gasteiger partial charge in [-0.3, -0.25) is 0 Å². The van der Waals surface area contributed by atoms with Crippen molar-refractivity contribution in [1.82, 2.24) is 5.32 Å². The van der Waals surface area contributed by atoms with Gasteiger partial charge in [-0.05, 0) is 49.8 Å². The van der Waals surface area contributed by atoms with Crippen LogP contribution in [0.25, 0.3) is 0 Å². The Morgan fingerprint density at radius 1 is 1.16 bits per heavy atom. The Hall–Kier alpha value is -1.02. The van der Waals surface area contributed by atoms with Gasteiger partial charge in [0.15, 0.2) is 0 Å². The fraction of sp³-hybridized carbons (Fsp3) is 0.647. The second-order valence-electron chi connectivity index (χ2n) is 5.80. The van der Waals surface area contributed by atoms with E-state index in [2.05, 4.69) is 12.2 Å². The van der Waals surface area contributed by atoms with E-state index < -0.39 is 0 Å². The molecule has 2 heteroatoms. The first-order chi connectivity index (χ1) is 9.35. The third-order valence-electron chi connectivity index (χ3n) is 4.24. The van der Waals surface area contributed by atoms with E-state index >= 15 is 0 Å². The zero-order valence-electron chi connectivity index (χ0n) is 12.2. The number of para-hydroxylation sites is 1. The summed E-state index contributed by atoms with van der Waals surface area (Å²) < 4.78 is 5.87. The summed E-state index contributed by atoms with van der Waals surface area (Å²) in [7, 11) is 0. The zero-order chi connectivity index (χ0) is 13.4. The fourth-order valence-electron chi connectivity index (χ4n) is 3.07. The molecule has 0 spiro atoms. The summed E-state index contributed by atoms with van der Waals surface area (Å²) in [6.07, 6.45) is 7.90. The molecule has 19 heavy (non-hydrogen) atoms. The van der Waals surface area contributed by atoms with Crippen LogP contribution in [0.4, 0.5) is 0 Å². The molecule has 0 saturated heterocycles. The summed E-state index contributed by atoms with van der Waals surface area (Å²) >= 11 is 0. The lowest BCUT2D eigenvalue weighted by molar-refractivity contribution is 0.192. The maximum Gasteiger partial charge on any atom is 0.119 e. The highest BCUT2D eigenvalue weighted by molar-refractivity contribution is 5.20. The quantitative estimate of drug-likeness (QED) is 0.714. The highest BCUT2D eigenvalue weighted by Gasteiger charge is 2.33. The summed E-state index contributed by atoms with van der Waals surface area (Å²) in [6.45, 7) is 5.38. The lowest BCUT2D eigenvalue weighted by Gasteiger charge is -2.29. The molecule has 0 radical (unpaired) electrons. The molecule has 0 bridgehead atoms. The summed E-state index contributed by atoms with van der Waals surface area (Å²) in [6, 6.07) is 10.2. The molecule has 1 aliphatic rings.